The SMILES string of the molecule is COc1ccccc1-n1c(-c2ccccc2)cnc1SCC(=O)C(C#N)C(C)=N. The molecule has 29 heavy (non-hydrogen) atoms. The van der Waals surface area contributed by atoms with Crippen LogP contribution in [0.5, 0.6) is 5.75 Å². The van der Waals surface area contributed by atoms with Gasteiger partial charge in [-0.15, -0.1) is 0 Å². The molecule has 0 aliphatic rings. The van der Waals surface area contributed by atoms with Gasteiger partial charge in [0.25, 0.3) is 0 Å². The number of hydrogen-bond acceptors (Lipinski definition) is 6. The summed E-state index contributed by atoms with van der Waals surface area (Å²) in [6.45, 7) is 1.47. The zero-order valence-corrected chi connectivity index (χ0v) is 16.9. The molecule has 0 aliphatic carbocycles. The van der Waals surface area contributed by atoms with Gasteiger partial charge in [-0.2, -0.15) is 5.26 Å². The Morgan fingerprint density at radius 3 is 2.59 bits per heavy atom. The molecule has 0 saturated carbocycles. The van der Waals surface area contributed by atoms with E-state index in [0.29, 0.717) is 10.9 Å². The third-order valence-electron chi connectivity index (χ3n) is 4.35. The first-order valence-corrected chi connectivity index (χ1v) is 9.92. The number of nitriles is 1. The highest BCUT2D eigenvalue weighted by Gasteiger charge is 2.22. The van der Waals surface area contributed by atoms with E-state index >= 15 is 0 Å². The van der Waals surface area contributed by atoms with Crippen LogP contribution in [0.4, 0.5) is 0 Å². The van der Waals surface area contributed by atoms with Gasteiger partial charge in [-0.05, 0) is 19.1 Å². The molecule has 1 N–H and O–H groups in total. The molecule has 1 aromatic heterocycles. The molecule has 0 saturated heterocycles. The molecule has 6 nitrogen and oxygen atoms in total. The quantitative estimate of drug-likeness (QED) is 0.444. The van der Waals surface area contributed by atoms with E-state index in [0.717, 1.165) is 16.9 Å². The number of Topliss-reactive ketones (excluding diaryl/α,β-unsaturated/α-hetero) is 1. The molecule has 3 rings (SSSR count). The number of aromatic nitrogens is 2. The second-order valence-electron chi connectivity index (χ2n) is 6.30. The van der Waals surface area contributed by atoms with Crippen molar-refractivity contribution in [1.29, 1.82) is 10.7 Å². The summed E-state index contributed by atoms with van der Waals surface area (Å²) in [6, 6.07) is 19.3. The lowest BCUT2D eigenvalue weighted by Gasteiger charge is -2.15. The summed E-state index contributed by atoms with van der Waals surface area (Å²) in [4.78, 5) is 16.9. The van der Waals surface area contributed by atoms with E-state index < -0.39 is 5.92 Å². The standard InChI is InChI=1S/C22H20N4O2S/c1-15(24)17(12-23)20(27)14-29-22-25-13-19(16-8-4-3-5-9-16)26(22)18-10-6-7-11-21(18)28-2/h3-11,13,17,24H,14H2,1-2H3. The Labute approximate surface area is 173 Å². The summed E-state index contributed by atoms with van der Waals surface area (Å²) in [6.07, 6.45) is 1.76. The fraction of sp³-hybridized carbons (Fsp3) is 0.182. The maximum Gasteiger partial charge on any atom is 0.173 e. The fourth-order valence-electron chi connectivity index (χ4n) is 2.93. The minimum atomic E-state index is -1.02. The second-order valence-corrected chi connectivity index (χ2v) is 7.24. The fourth-order valence-corrected chi connectivity index (χ4v) is 3.82. The van der Waals surface area contributed by atoms with Crippen molar-refractivity contribution in [2.75, 3.05) is 12.9 Å². The Bertz CT molecular complexity index is 1070. The van der Waals surface area contributed by atoms with Crippen LogP contribution in [0.1, 0.15) is 6.92 Å². The minimum Gasteiger partial charge on any atom is -0.495 e. The number of imidazole rings is 1. The van der Waals surface area contributed by atoms with Crippen molar-refractivity contribution >= 4 is 23.3 Å². The van der Waals surface area contributed by atoms with Gasteiger partial charge in [0, 0.05) is 11.3 Å². The molecule has 7 heteroatoms. The van der Waals surface area contributed by atoms with Crippen LogP contribution < -0.4 is 4.74 Å². The van der Waals surface area contributed by atoms with Gasteiger partial charge in [-0.1, -0.05) is 54.2 Å². The summed E-state index contributed by atoms with van der Waals surface area (Å²) < 4.78 is 7.48. The predicted molar refractivity (Wildman–Crippen MR) is 114 cm³/mol. The van der Waals surface area contributed by atoms with E-state index in [4.69, 9.17) is 15.4 Å². The number of benzene rings is 2. The number of rotatable bonds is 8. The van der Waals surface area contributed by atoms with Crippen LogP contribution in [0.3, 0.4) is 0 Å². The molecule has 146 valence electrons. The number of nitrogens with one attached hydrogen (secondary N) is 1. The molecule has 1 heterocycles. The van der Waals surface area contributed by atoms with Crippen LogP contribution in [0.25, 0.3) is 16.9 Å². The molecule has 0 amide bonds. The highest BCUT2D eigenvalue weighted by Crippen LogP contribution is 2.34. The maximum atomic E-state index is 12.4. The topological polar surface area (TPSA) is 91.8 Å². The molecule has 0 spiro atoms. The van der Waals surface area contributed by atoms with Crippen molar-refractivity contribution in [1.82, 2.24) is 9.55 Å². The van der Waals surface area contributed by atoms with Crippen molar-refractivity contribution in [3.8, 4) is 28.8 Å². The second kappa shape index (κ2) is 9.22. The summed E-state index contributed by atoms with van der Waals surface area (Å²) >= 11 is 1.24. The highest BCUT2D eigenvalue weighted by atomic mass is 32.2. The average molecular weight is 404 g/mol. The third-order valence-corrected chi connectivity index (χ3v) is 5.33. The Morgan fingerprint density at radius 2 is 1.93 bits per heavy atom. The van der Waals surface area contributed by atoms with Gasteiger partial charge in [-0.25, -0.2) is 4.98 Å². The predicted octanol–water partition coefficient (Wildman–Crippen LogP) is 4.39. The molecular weight excluding hydrogens is 384 g/mol. The van der Waals surface area contributed by atoms with Crippen molar-refractivity contribution in [2.45, 2.75) is 12.1 Å². The lowest BCUT2D eigenvalue weighted by Crippen LogP contribution is -2.21. The third kappa shape index (κ3) is 4.39. The Hall–Kier alpha value is -3.37. The first kappa shape index (κ1) is 20.4. The van der Waals surface area contributed by atoms with Crippen LogP contribution in [-0.4, -0.2) is 33.9 Å². The number of thioether (sulfide) groups is 1. The van der Waals surface area contributed by atoms with Crippen molar-refractivity contribution in [3.63, 3.8) is 0 Å². The first-order valence-electron chi connectivity index (χ1n) is 8.93. The molecule has 0 bridgehead atoms. The maximum absolute atomic E-state index is 12.4. The van der Waals surface area contributed by atoms with E-state index in [9.17, 15) is 4.79 Å². The average Bonchev–Trinajstić information content (AvgIpc) is 3.16. The van der Waals surface area contributed by atoms with E-state index in [1.165, 1.54) is 18.7 Å². The number of ether oxygens (including phenoxy) is 1. The Kier molecular flexibility index (Phi) is 6.47. The minimum absolute atomic E-state index is 0.0504. The molecule has 0 radical (unpaired) electrons. The van der Waals surface area contributed by atoms with E-state index in [1.807, 2.05) is 65.2 Å². The Balaban J connectivity index is 2.02. The zero-order valence-electron chi connectivity index (χ0n) is 16.1. The van der Waals surface area contributed by atoms with E-state index in [1.54, 1.807) is 13.3 Å². The Morgan fingerprint density at radius 1 is 1.24 bits per heavy atom. The largest absolute Gasteiger partial charge is 0.495 e. The van der Waals surface area contributed by atoms with Gasteiger partial charge < -0.3 is 10.1 Å². The lowest BCUT2D eigenvalue weighted by atomic mass is 10.0. The summed E-state index contributed by atoms with van der Waals surface area (Å²) in [7, 11) is 1.61. The van der Waals surface area contributed by atoms with Crippen molar-refractivity contribution in [3.05, 3.63) is 60.8 Å². The summed E-state index contributed by atoms with van der Waals surface area (Å²) in [5.41, 5.74) is 2.71. The van der Waals surface area contributed by atoms with Gasteiger partial charge >= 0.3 is 0 Å². The normalized spacial score (nSPS) is 11.5. The number of nitrogens with zero attached hydrogens (tertiary/aromatic N) is 3. The van der Waals surface area contributed by atoms with Crippen LogP contribution >= 0.6 is 11.8 Å². The molecule has 3 aromatic rings. The van der Waals surface area contributed by atoms with Gasteiger partial charge in [0.05, 0.1) is 36.5 Å². The molecule has 0 fully saturated rings. The van der Waals surface area contributed by atoms with E-state index in [2.05, 4.69) is 4.98 Å². The van der Waals surface area contributed by atoms with Gasteiger partial charge in [-0.3, -0.25) is 9.36 Å². The number of para-hydroxylation sites is 2. The van der Waals surface area contributed by atoms with Gasteiger partial charge in [0.15, 0.2) is 10.9 Å². The highest BCUT2D eigenvalue weighted by molar-refractivity contribution is 7.99. The zero-order chi connectivity index (χ0) is 20.8. The van der Waals surface area contributed by atoms with Gasteiger partial charge in [0.1, 0.15) is 11.7 Å². The molecule has 0 aliphatic heterocycles. The number of hydrogen-bond donors (Lipinski definition) is 1. The van der Waals surface area contributed by atoms with Crippen molar-refractivity contribution in [2.24, 2.45) is 5.92 Å². The first-order chi connectivity index (χ1) is 14.1. The van der Waals surface area contributed by atoms with Crippen LogP contribution in [0, 0.1) is 22.7 Å². The molecule has 1 unspecified atom stereocenters. The summed E-state index contributed by atoms with van der Waals surface area (Å²) in [5.74, 6) is -0.595. The van der Waals surface area contributed by atoms with Crippen molar-refractivity contribution < 1.29 is 9.53 Å². The molecular formula is C22H20N4O2S. The molecule has 2 aromatic carbocycles. The number of carbonyl (C=O) groups excluding carboxylic acids is 1. The number of methoxy groups -OCH3 is 1. The van der Waals surface area contributed by atoms with Crippen LogP contribution in [0.2, 0.25) is 0 Å². The van der Waals surface area contributed by atoms with Crippen LogP contribution in [-0.2, 0) is 4.79 Å². The molecule has 1 atom stereocenters. The lowest BCUT2D eigenvalue weighted by molar-refractivity contribution is -0.117. The summed E-state index contributed by atoms with van der Waals surface area (Å²) in [5, 5.41) is 17.4. The number of carbonyl (C=O) groups is 1. The number of ketones is 1. The monoisotopic (exact) mass is 404 g/mol. The van der Waals surface area contributed by atoms with Gasteiger partial charge in [0.2, 0.25) is 0 Å². The van der Waals surface area contributed by atoms with Crippen LogP contribution in [0.15, 0.2) is 66.0 Å². The smallest absolute Gasteiger partial charge is 0.173 e. The van der Waals surface area contributed by atoms with E-state index in [-0.39, 0.29) is 17.2 Å².